The number of carbonyl (C=O) groups excluding carboxylic acids is 1. The first-order chi connectivity index (χ1) is 9.54. The first-order valence-corrected chi connectivity index (χ1v) is 7.10. The summed E-state index contributed by atoms with van der Waals surface area (Å²) in [6.07, 6.45) is 0.111. The highest BCUT2D eigenvalue weighted by atomic mass is 16.5. The van der Waals surface area contributed by atoms with Crippen LogP contribution < -0.4 is 0 Å². The Morgan fingerprint density at radius 1 is 1.10 bits per heavy atom. The molecule has 0 saturated carbocycles. The Kier molecular flexibility index (Phi) is 5.33. The molecular weight excluding hydrogens is 262 g/mol. The highest BCUT2D eigenvalue weighted by Crippen LogP contribution is 2.07. The van der Waals surface area contributed by atoms with Gasteiger partial charge in [0, 0.05) is 39.3 Å². The number of hydrogen-bond donors (Lipinski definition) is 1. The average molecular weight is 285 g/mol. The van der Waals surface area contributed by atoms with Crippen LogP contribution >= 0.6 is 0 Å². The van der Waals surface area contributed by atoms with Gasteiger partial charge in [-0.3, -0.25) is 19.4 Å². The zero-order valence-electron chi connectivity index (χ0n) is 12.0. The van der Waals surface area contributed by atoms with Crippen molar-refractivity contribution in [3.8, 4) is 0 Å². The van der Waals surface area contributed by atoms with Crippen LogP contribution in [0, 0.1) is 0 Å². The van der Waals surface area contributed by atoms with Gasteiger partial charge in [-0.25, -0.2) is 0 Å². The molecule has 2 saturated heterocycles. The Morgan fingerprint density at radius 2 is 1.70 bits per heavy atom. The van der Waals surface area contributed by atoms with Crippen molar-refractivity contribution in [1.29, 1.82) is 0 Å². The molecule has 0 aromatic carbocycles. The van der Waals surface area contributed by atoms with Crippen LogP contribution in [0.1, 0.15) is 6.92 Å². The van der Waals surface area contributed by atoms with E-state index in [4.69, 9.17) is 9.84 Å². The maximum atomic E-state index is 12.2. The van der Waals surface area contributed by atoms with Crippen LogP contribution in [-0.2, 0) is 14.3 Å². The van der Waals surface area contributed by atoms with Crippen molar-refractivity contribution in [1.82, 2.24) is 14.7 Å². The number of ether oxygens (including phenoxy) is 1. The zero-order chi connectivity index (χ0) is 14.5. The first kappa shape index (κ1) is 15.2. The molecule has 0 radical (unpaired) electrons. The Morgan fingerprint density at radius 3 is 2.25 bits per heavy atom. The minimum atomic E-state index is -0.795. The summed E-state index contributed by atoms with van der Waals surface area (Å²) in [5.41, 5.74) is 0. The molecule has 1 N–H and O–H groups in total. The van der Waals surface area contributed by atoms with Gasteiger partial charge in [-0.15, -0.1) is 0 Å². The van der Waals surface area contributed by atoms with Crippen LogP contribution in [0.3, 0.4) is 0 Å². The van der Waals surface area contributed by atoms with Crippen molar-refractivity contribution >= 4 is 11.9 Å². The third-order valence-electron chi connectivity index (χ3n) is 3.78. The molecule has 2 heterocycles. The van der Waals surface area contributed by atoms with E-state index in [1.807, 2.05) is 16.7 Å². The number of nitrogens with zero attached hydrogens (tertiary/aromatic N) is 3. The normalized spacial score (nSPS) is 25.6. The summed E-state index contributed by atoms with van der Waals surface area (Å²) in [7, 11) is 0. The largest absolute Gasteiger partial charge is 0.480 e. The number of piperazine rings is 1. The van der Waals surface area contributed by atoms with Gasteiger partial charge >= 0.3 is 5.97 Å². The number of hydrogen-bond acceptors (Lipinski definition) is 5. The summed E-state index contributed by atoms with van der Waals surface area (Å²) in [5.74, 6) is -0.649. The predicted octanol–water partition coefficient (Wildman–Crippen LogP) is -1.06. The summed E-state index contributed by atoms with van der Waals surface area (Å²) < 4.78 is 5.43. The van der Waals surface area contributed by atoms with E-state index in [2.05, 4.69) is 4.90 Å². The second-order valence-corrected chi connectivity index (χ2v) is 5.47. The Hall–Kier alpha value is -1.18. The first-order valence-electron chi connectivity index (χ1n) is 7.10. The number of rotatable bonds is 4. The Labute approximate surface area is 119 Å². The van der Waals surface area contributed by atoms with Gasteiger partial charge in [0.1, 0.15) is 0 Å². The number of carboxylic acids is 1. The molecule has 1 atom stereocenters. The van der Waals surface area contributed by atoms with Crippen LogP contribution in [-0.4, -0.2) is 96.8 Å². The van der Waals surface area contributed by atoms with Gasteiger partial charge in [-0.2, -0.15) is 0 Å². The molecule has 20 heavy (non-hydrogen) atoms. The van der Waals surface area contributed by atoms with Gasteiger partial charge < -0.3 is 14.7 Å². The van der Waals surface area contributed by atoms with Crippen molar-refractivity contribution in [2.24, 2.45) is 0 Å². The molecule has 0 bridgehead atoms. The number of morpholine rings is 1. The fourth-order valence-electron chi connectivity index (χ4n) is 2.63. The van der Waals surface area contributed by atoms with E-state index in [0.717, 1.165) is 13.1 Å². The van der Waals surface area contributed by atoms with Crippen LogP contribution in [0.4, 0.5) is 0 Å². The van der Waals surface area contributed by atoms with E-state index in [1.54, 1.807) is 0 Å². The lowest BCUT2D eigenvalue weighted by Crippen LogP contribution is -2.53. The molecule has 2 aliphatic rings. The van der Waals surface area contributed by atoms with E-state index in [1.165, 1.54) is 0 Å². The van der Waals surface area contributed by atoms with Crippen molar-refractivity contribution < 1.29 is 19.4 Å². The van der Waals surface area contributed by atoms with Gasteiger partial charge in [0.2, 0.25) is 5.91 Å². The third-order valence-corrected chi connectivity index (χ3v) is 3.78. The molecule has 0 aliphatic carbocycles. The monoisotopic (exact) mass is 285 g/mol. The number of carbonyl (C=O) groups is 2. The van der Waals surface area contributed by atoms with E-state index >= 15 is 0 Å². The fourth-order valence-corrected chi connectivity index (χ4v) is 2.63. The molecule has 0 aromatic heterocycles. The van der Waals surface area contributed by atoms with Crippen LogP contribution in [0.25, 0.3) is 0 Å². The molecule has 2 fully saturated rings. The molecule has 114 valence electrons. The van der Waals surface area contributed by atoms with E-state index in [9.17, 15) is 9.59 Å². The molecule has 0 aromatic rings. The van der Waals surface area contributed by atoms with E-state index in [-0.39, 0.29) is 18.6 Å². The number of aliphatic carboxylic acids is 1. The highest BCUT2D eigenvalue weighted by molar-refractivity contribution is 5.78. The van der Waals surface area contributed by atoms with Crippen molar-refractivity contribution in [3.05, 3.63) is 0 Å². The highest BCUT2D eigenvalue weighted by Gasteiger charge is 2.25. The standard InChI is InChI=1S/C13H23N3O4/c1-11-8-16(6-7-20-11)12(17)9-14-2-4-15(5-3-14)10-13(18)19/h11H,2-10H2,1H3,(H,18,19). The van der Waals surface area contributed by atoms with Crippen LogP contribution in [0.15, 0.2) is 0 Å². The second-order valence-electron chi connectivity index (χ2n) is 5.47. The van der Waals surface area contributed by atoms with Gasteiger partial charge in [-0.1, -0.05) is 0 Å². The quantitative estimate of drug-likeness (QED) is 0.709. The van der Waals surface area contributed by atoms with Gasteiger partial charge in [-0.05, 0) is 6.92 Å². The molecule has 7 nitrogen and oxygen atoms in total. The average Bonchev–Trinajstić information content (AvgIpc) is 2.40. The van der Waals surface area contributed by atoms with Crippen LogP contribution in [0.5, 0.6) is 0 Å². The van der Waals surface area contributed by atoms with Crippen molar-refractivity contribution in [2.45, 2.75) is 13.0 Å². The van der Waals surface area contributed by atoms with Gasteiger partial charge in [0.05, 0.1) is 25.8 Å². The predicted molar refractivity (Wildman–Crippen MR) is 72.5 cm³/mol. The summed E-state index contributed by atoms with van der Waals surface area (Å²) in [6.45, 7) is 7.34. The maximum absolute atomic E-state index is 12.2. The Bertz CT molecular complexity index is 356. The zero-order valence-corrected chi connectivity index (χ0v) is 12.0. The maximum Gasteiger partial charge on any atom is 0.317 e. The molecule has 2 aliphatic heterocycles. The van der Waals surface area contributed by atoms with Crippen LogP contribution in [0.2, 0.25) is 0 Å². The van der Waals surface area contributed by atoms with Crippen molar-refractivity contribution in [2.75, 3.05) is 59.0 Å². The molecule has 0 spiro atoms. The minimum absolute atomic E-state index is 0.0861. The molecule has 1 amide bonds. The minimum Gasteiger partial charge on any atom is -0.480 e. The second kappa shape index (κ2) is 7.01. The lowest BCUT2D eigenvalue weighted by molar-refractivity contribution is -0.141. The van der Waals surface area contributed by atoms with E-state index in [0.29, 0.717) is 39.3 Å². The van der Waals surface area contributed by atoms with Crippen molar-refractivity contribution in [3.63, 3.8) is 0 Å². The fraction of sp³-hybridized carbons (Fsp3) is 0.846. The number of carboxylic acid groups (broad SMARTS) is 1. The summed E-state index contributed by atoms with van der Waals surface area (Å²) >= 11 is 0. The SMILES string of the molecule is CC1CN(C(=O)CN2CCN(CC(=O)O)CC2)CCO1. The third kappa shape index (κ3) is 4.43. The summed E-state index contributed by atoms with van der Waals surface area (Å²) in [5, 5.41) is 8.74. The number of amides is 1. The molecule has 7 heteroatoms. The molecular formula is C13H23N3O4. The summed E-state index contributed by atoms with van der Waals surface area (Å²) in [4.78, 5) is 28.7. The summed E-state index contributed by atoms with van der Waals surface area (Å²) in [6, 6.07) is 0. The topological polar surface area (TPSA) is 73.3 Å². The molecule has 1 unspecified atom stereocenters. The van der Waals surface area contributed by atoms with Gasteiger partial charge in [0.25, 0.3) is 0 Å². The molecule has 2 rings (SSSR count). The lowest BCUT2D eigenvalue weighted by Gasteiger charge is -2.36. The smallest absolute Gasteiger partial charge is 0.317 e. The Balaban J connectivity index is 1.72. The lowest BCUT2D eigenvalue weighted by atomic mass is 10.2. The van der Waals surface area contributed by atoms with E-state index < -0.39 is 5.97 Å². The van der Waals surface area contributed by atoms with Gasteiger partial charge in [0.15, 0.2) is 0 Å².